The minimum Gasteiger partial charge on any atom is -0.392 e. The van der Waals surface area contributed by atoms with Crippen molar-refractivity contribution in [1.82, 2.24) is 4.31 Å². The fraction of sp³-hybridized carbons (Fsp3) is 0.950. The van der Waals surface area contributed by atoms with Gasteiger partial charge in [0, 0.05) is 5.41 Å². The number of amides is 1. The Morgan fingerprint density at radius 2 is 1.81 bits per heavy atom. The van der Waals surface area contributed by atoms with E-state index < -0.39 is 33.4 Å². The van der Waals surface area contributed by atoms with Crippen LogP contribution in [-0.4, -0.2) is 41.6 Å². The summed E-state index contributed by atoms with van der Waals surface area (Å²) < 4.78 is 26.9. The summed E-state index contributed by atoms with van der Waals surface area (Å²) in [5, 5.41) is 10.5. The van der Waals surface area contributed by atoms with Crippen molar-refractivity contribution in [3.05, 3.63) is 0 Å². The third-order valence-electron chi connectivity index (χ3n) is 7.46. The van der Waals surface area contributed by atoms with Crippen LogP contribution in [0.1, 0.15) is 74.7 Å². The molecule has 2 aliphatic rings. The summed E-state index contributed by atoms with van der Waals surface area (Å²) in [4.78, 5) is 13.1. The molecule has 1 unspecified atom stereocenters. The van der Waals surface area contributed by atoms with Gasteiger partial charge in [0.05, 0.1) is 23.8 Å². The van der Waals surface area contributed by atoms with Crippen molar-refractivity contribution in [2.75, 3.05) is 5.75 Å². The van der Waals surface area contributed by atoms with Gasteiger partial charge in [-0.05, 0) is 36.0 Å². The molecule has 2 rings (SSSR count). The Labute approximate surface area is 159 Å². The highest BCUT2D eigenvalue weighted by atomic mass is 32.2. The molecule has 0 radical (unpaired) electrons. The number of aliphatic hydroxyl groups is 1. The van der Waals surface area contributed by atoms with Crippen LogP contribution < -0.4 is 0 Å². The van der Waals surface area contributed by atoms with Crippen molar-refractivity contribution in [2.45, 2.75) is 86.8 Å². The van der Waals surface area contributed by atoms with Gasteiger partial charge in [0.15, 0.2) is 0 Å². The molecular weight excluding hydrogens is 350 g/mol. The first-order valence-corrected chi connectivity index (χ1v) is 11.4. The van der Waals surface area contributed by atoms with E-state index in [1.54, 1.807) is 6.92 Å². The van der Waals surface area contributed by atoms with Crippen LogP contribution in [-0.2, 0) is 14.8 Å². The molecule has 5 atom stereocenters. The van der Waals surface area contributed by atoms with Gasteiger partial charge in [0.2, 0.25) is 15.9 Å². The molecule has 0 aromatic carbocycles. The lowest BCUT2D eigenvalue weighted by molar-refractivity contribution is -0.136. The Kier molecular flexibility index (Phi) is 5.40. The SMILES string of the molecule is C[C@@H](C(=O)N1[C@H]2C[C@H](C)C(C)(C)C2(C)CS1(=O)=O)[C@H](O)CCC(C)(C)C. The first kappa shape index (κ1) is 21.7. The van der Waals surface area contributed by atoms with E-state index in [-0.39, 0.29) is 22.6 Å². The number of fused-ring (bicyclic) bond motifs is 1. The van der Waals surface area contributed by atoms with E-state index >= 15 is 0 Å². The van der Waals surface area contributed by atoms with E-state index in [1.807, 2.05) is 6.92 Å². The van der Waals surface area contributed by atoms with Gasteiger partial charge in [-0.15, -0.1) is 0 Å². The first-order chi connectivity index (χ1) is 11.5. The van der Waals surface area contributed by atoms with Crippen molar-refractivity contribution in [3.8, 4) is 0 Å². The molecule has 2 fully saturated rings. The lowest BCUT2D eigenvalue weighted by Crippen LogP contribution is -2.47. The quantitative estimate of drug-likeness (QED) is 0.802. The maximum absolute atomic E-state index is 13.1. The zero-order valence-electron chi connectivity index (χ0n) is 17.7. The van der Waals surface area contributed by atoms with E-state index in [4.69, 9.17) is 0 Å². The number of rotatable bonds is 4. The zero-order chi connectivity index (χ0) is 20.3. The maximum atomic E-state index is 13.1. The van der Waals surface area contributed by atoms with Gasteiger partial charge in [-0.25, -0.2) is 12.7 Å². The summed E-state index contributed by atoms with van der Waals surface area (Å²) in [5.74, 6) is -0.804. The van der Waals surface area contributed by atoms with Crippen molar-refractivity contribution < 1.29 is 18.3 Å². The van der Waals surface area contributed by atoms with Crippen molar-refractivity contribution >= 4 is 15.9 Å². The van der Waals surface area contributed by atoms with Crippen LogP contribution in [0.15, 0.2) is 0 Å². The minimum atomic E-state index is -3.65. The number of hydrogen-bond acceptors (Lipinski definition) is 4. The van der Waals surface area contributed by atoms with Gasteiger partial charge in [0.25, 0.3) is 0 Å². The summed E-state index contributed by atoms with van der Waals surface area (Å²) in [6.45, 7) is 16.3. The third-order valence-corrected chi connectivity index (χ3v) is 9.45. The Balaban J connectivity index is 2.25. The average molecular weight is 388 g/mol. The van der Waals surface area contributed by atoms with Crippen molar-refractivity contribution in [3.63, 3.8) is 0 Å². The predicted octanol–water partition coefficient (Wildman–Crippen LogP) is 3.42. The Morgan fingerprint density at radius 3 is 2.31 bits per heavy atom. The van der Waals surface area contributed by atoms with Crippen LogP contribution in [0.25, 0.3) is 0 Å². The third kappa shape index (κ3) is 3.44. The molecule has 26 heavy (non-hydrogen) atoms. The van der Waals surface area contributed by atoms with E-state index in [2.05, 4.69) is 41.5 Å². The maximum Gasteiger partial charge on any atom is 0.241 e. The number of nitrogens with zero attached hydrogens (tertiary/aromatic N) is 1. The van der Waals surface area contributed by atoms with E-state index in [0.717, 1.165) is 10.7 Å². The molecule has 152 valence electrons. The van der Waals surface area contributed by atoms with Crippen LogP contribution in [0.3, 0.4) is 0 Å². The molecule has 0 aromatic rings. The fourth-order valence-electron chi connectivity index (χ4n) is 4.65. The highest BCUT2D eigenvalue weighted by molar-refractivity contribution is 7.90. The second kappa shape index (κ2) is 6.47. The number of hydrogen-bond donors (Lipinski definition) is 1. The lowest BCUT2D eigenvalue weighted by atomic mass is 9.66. The van der Waals surface area contributed by atoms with Crippen LogP contribution in [0.2, 0.25) is 0 Å². The van der Waals surface area contributed by atoms with Gasteiger partial charge in [-0.3, -0.25) is 4.79 Å². The van der Waals surface area contributed by atoms with Crippen molar-refractivity contribution in [2.24, 2.45) is 28.1 Å². The fourth-order valence-corrected chi connectivity index (χ4v) is 7.26. The Hall–Kier alpha value is -0.620. The standard InChI is InChI=1S/C20H37NO4S/c1-13-11-16-20(8,19(13,6)7)12-26(24,25)21(16)17(23)14(2)15(22)9-10-18(3,4)5/h13-16,22H,9-12H2,1-8H3/t13-,14+,15+,16-,20?/m0/s1. The van der Waals surface area contributed by atoms with Crippen LogP contribution in [0.5, 0.6) is 0 Å². The topological polar surface area (TPSA) is 74.7 Å². The number of aliphatic hydroxyl groups excluding tert-OH is 1. The number of sulfonamides is 1. The molecule has 6 heteroatoms. The monoisotopic (exact) mass is 387 g/mol. The summed E-state index contributed by atoms with van der Waals surface area (Å²) in [6, 6.07) is -0.303. The molecule has 5 nitrogen and oxygen atoms in total. The molecule has 1 amide bonds. The second-order valence-electron chi connectivity index (χ2n) is 10.6. The smallest absolute Gasteiger partial charge is 0.241 e. The molecule has 1 saturated carbocycles. The van der Waals surface area contributed by atoms with Gasteiger partial charge < -0.3 is 5.11 Å². The van der Waals surface area contributed by atoms with E-state index in [9.17, 15) is 18.3 Å². The van der Waals surface area contributed by atoms with Crippen molar-refractivity contribution in [1.29, 1.82) is 0 Å². The summed E-state index contributed by atoms with van der Waals surface area (Å²) in [5.41, 5.74) is -0.544. The zero-order valence-corrected chi connectivity index (χ0v) is 18.5. The lowest BCUT2D eigenvalue weighted by Gasteiger charge is -2.39. The molecule has 1 saturated heterocycles. The average Bonchev–Trinajstić information content (AvgIpc) is 2.77. The van der Waals surface area contributed by atoms with E-state index in [0.29, 0.717) is 18.8 Å². The van der Waals surface area contributed by atoms with Crippen LogP contribution in [0.4, 0.5) is 0 Å². The first-order valence-electron chi connectivity index (χ1n) is 9.78. The summed E-state index contributed by atoms with van der Waals surface area (Å²) in [6.07, 6.45) is 1.15. The molecular formula is C20H37NO4S. The molecule has 0 aromatic heterocycles. The van der Waals surface area contributed by atoms with Gasteiger partial charge >= 0.3 is 0 Å². The number of carbonyl (C=O) groups excluding carboxylic acids is 1. The molecule has 0 spiro atoms. The summed E-state index contributed by atoms with van der Waals surface area (Å²) >= 11 is 0. The highest BCUT2D eigenvalue weighted by Gasteiger charge is 2.66. The molecule has 1 heterocycles. The minimum absolute atomic E-state index is 0.0125. The van der Waals surface area contributed by atoms with E-state index in [1.165, 1.54) is 0 Å². The van der Waals surface area contributed by atoms with Gasteiger partial charge in [-0.2, -0.15) is 0 Å². The van der Waals surface area contributed by atoms with Crippen LogP contribution >= 0.6 is 0 Å². The Morgan fingerprint density at radius 1 is 1.27 bits per heavy atom. The number of carbonyl (C=O) groups is 1. The van der Waals surface area contributed by atoms with Crippen LogP contribution in [0, 0.1) is 28.1 Å². The Bertz CT molecular complexity index is 664. The molecule has 1 aliphatic carbocycles. The summed E-state index contributed by atoms with van der Waals surface area (Å²) in [7, 11) is -3.65. The largest absolute Gasteiger partial charge is 0.392 e. The van der Waals surface area contributed by atoms with Gasteiger partial charge in [0.1, 0.15) is 0 Å². The highest BCUT2D eigenvalue weighted by Crippen LogP contribution is 2.61. The normalized spacial score (nSPS) is 35.2. The molecule has 0 bridgehead atoms. The molecule has 1 N–H and O–H groups in total. The molecule has 1 aliphatic heterocycles. The second-order valence-corrected chi connectivity index (χ2v) is 12.5. The predicted molar refractivity (Wildman–Crippen MR) is 104 cm³/mol. The van der Waals surface area contributed by atoms with Gasteiger partial charge in [-0.1, -0.05) is 55.4 Å².